The highest BCUT2D eigenvalue weighted by Crippen LogP contribution is 2.15. The highest BCUT2D eigenvalue weighted by molar-refractivity contribution is 5.22. The Morgan fingerprint density at radius 1 is 1.38 bits per heavy atom. The van der Waals surface area contributed by atoms with E-state index < -0.39 is 0 Å². The maximum atomic E-state index is 11.5. The molecule has 0 aliphatic carbocycles. The zero-order valence-electron chi connectivity index (χ0n) is 8.50. The zero-order valence-corrected chi connectivity index (χ0v) is 8.50. The molecule has 0 spiro atoms. The first-order chi connectivity index (χ1) is 6.15. The second-order valence-corrected chi connectivity index (χ2v) is 3.53. The lowest BCUT2D eigenvalue weighted by Gasteiger charge is -2.04. The summed E-state index contributed by atoms with van der Waals surface area (Å²) < 4.78 is 0. The van der Waals surface area contributed by atoms with E-state index in [9.17, 15) is 4.79 Å². The van der Waals surface area contributed by atoms with Crippen LogP contribution >= 0.6 is 0 Å². The molecule has 70 valence electrons. The molecule has 1 aromatic rings. The van der Waals surface area contributed by atoms with Crippen LogP contribution in [-0.2, 0) is 0 Å². The molecule has 0 amide bonds. The first kappa shape index (κ1) is 9.97. The summed E-state index contributed by atoms with van der Waals surface area (Å²) in [7, 11) is 0. The van der Waals surface area contributed by atoms with Gasteiger partial charge in [-0.15, -0.1) is 0 Å². The van der Waals surface area contributed by atoms with Crippen LogP contribution in [-0.4, -0.2) is 0 Å². The molecule has 0 saturated heterocycles. The van der Waals surface area contributed by atoms with E-state index in [-0.39, 0.29) is 5.43 Å². The molecule has 1 rings (SSSR count). The van der Waals surface area contributed by atoms with Gasteiger partial charge in [-0.3, -0.25) is 4.79 Å². The molecular weight excluding hydrogens is 160 g/mol. The van der Waals surface area contributed by atoms with Gasteiger partial charge in [-0.1, -0.05) is 32.0 Å². The van der Waals surface area contributed by atoms with E-state index in [1.54, 1.807) is 6.07 Å². The molecule has 0 aliphatic rings. The molecule has 0 N–H and O–H groups in total. The minimum absolute atomic E-state index is 0.139. The summed E-state index contributed by atoms with van der Waals surface area (Å²) in [5.74, 6) is 0.472. The van der Waals surface area contributed by atoms with Gasteiger partial charge in [0, 0.05) is 0 Å². The molecule has 0 saturated carbocycles. The van der Waals surface area contributed by atoms with Gasteiger partial charge in [-0.25, -0.2) is 0 Å². The minimum atomic E-state index is 0.139. The number of hydrogen-bond donors (Lipinski definition) is 0. The molecule has 1 heteroatoms. The van der Waals surface area contributed by atoms with Crippen LogP contribution in [0.4, 0.5) is 0 Å². The minimum Gasteiger partial charge on any atom is -0.290 e. The van der Waals surface area contributed by atoms with E-state index in [2.05, 4.69) is 13.8 Å². The lowest BCUT2D eigenvalue weighted by atomic mass is 10.0. The van der Waals surface area contributed by atoms with Crippen molar-refractivity contribution in [3.8, 4) is 0 Å². The molecule has 13 heavy (non-hydrogen) atoms. The Hall–Kier alpha value is -1.11. The number of rotatable bonds is 2. The van der Waals surface area contributed by atoms with Crippen LogP contribution in [0.1, 0.15) is 37.3 Å². The average Bonchev–Trinajstić information content (AvgIpc) is 2.28. The van der Waals surface area contributed by atoms with Gasteiger partial charge in [-0.05, 0) is 36.5 Å². The molecular formula is C12H16O. The van der Waals surface area contributed by atoms with Crippen molar-refractivity contribution in [2.45, 2.75) is 33.1 Å². The fourth-order valence-corrected chi connectivity index (χ4v) is 1.24. The summed E-state index contributed by atoms with van der Waals surface area (Å²) in [5, 5.41) is 0. The Morgan fingerprint density at radius 2 is 2.08 bits per heavy atom. The second-order valence-electron chi connectivity index (χ2n) is 3.53. The van der Waals surface area contributed by atoms with Crippen LogP contribution < -0.4 is 5.43 Å². The molecule has 0 aromatic heterocycles. The molecule has 0 heterocycles. The highest BCUT2D eigenvalue weighted by atomic mass is 16.1. The SMILES string of the molecule is CC[C@@H](C)c1cccc(C)c(=O)c1. The quantitative estimate of drug-likeness (QED) is 0.677. The van der Waals surface area contributed by atoms with Gasteiger partial charge in [0.1, 0.15) is 0 Å². The maximum Gasteiger partial charge on any atom is 0.181 e. The van der Waals surface area contributed by atoms with E-state index in [0.29, 0.717) is 5.92 Å². The molecule has 0 fully saturated rings. The van der Waals surface area contributed by atoms with E-state index in [0.717, 1.165) is 17.5 Å². The highest BCUT2D eigenvalue weighted by Gasteiger charge is 2.01. The summed E-state index contributed by atoms with van der Waals surface area (Å²) in [4.78, 5) is 11.5. The Morgan fingerprint density at radius 3 is 2.69 bits per heavy atom. The Kier molecular flexibility index (Phi) is 3.24. The van der Waals surface area contributed by atoms with Crippen LogP contribution in [0.2, 0.25) is 0 Å². The fourth-order valence-electron chi connectivity index (χ4n) is 1.24. The standard InChI is InChI=1S/C12H16O/c1-4-9(2)11-7-5-6-10(3)12(13)8-11/h5-9H,4H2,1-3H3/t9-/m1/s1. The first-order valence-electron chi connectivity index (χ1n) is 4.76. The number of aryl methyl sites for hydroxylation is 1. The third kappa shape index (κ3) is 2.41. The largest absolute Gasteiger partial charge is 0.290 e. The summed E-state index contributed by atoms with van der Waals surface area (Å²) >= 11 is 0. The monoisotopic (exact) mass is 176 g/mol. The lowest BCUT2D eigenvalue weighted by molar-refractivity contribution is 0.734. The summed E-state index contributed by atoms with van der Waals surface area (Å²) in [6.45, 7) is 6.13. The third-order valence-corrected chi connectivity index (χ3v) is 2.50. The second kappa shape index (κ2) is 4.22. The van der Waals surface area contributed by atoms with E-state index in [1.165, 1.54) is 0 Å². The molecule has 0 aliphatic heterocycles. The van der Waals surface area contributed by atoms with E-state index in [4.69, 9.17) is 0 Å². The molecule has 0 unspecified atom stereocenters. The number of hydrogen-bond acceptors (Lipinski definition) is 1. The Labute approximate surface area is 79.4 Å². The Balaban J connectivity index is 3.21. The van der Waals surface area contributed by atoms with Crippen molar-refractivity contribution >= 4 is 0 Å². The first-order valence-corrected chi connectivity index (χ1v) is 4.76. The van der Waals surface area contributed by atoms with E-state index in [1.807, 2.05) is 25.1 Å². The van der Waals surface area contributed by atoms with Crippen molar-refractivity contribution < 1.29 is 0 Å². The van der Waals surface area contributed by atoms with Gasteiger partial charge in [0.25, 0.3) is 0 Å². The van der Waals surface area contributed by atoms with Crippen molar-refractivity contribution in [3.05, 3.63) is 45.6 Å². The molecule has 0 radical (unpaired) electrons. The topological polar surface area (TPSA) is 17.1 Å². The van der Waals surface area contributed by atoms with Crippen molar-refractivity contribution in [1.82, 2.24) is 0 Å². The average molecular weight is 176 g/mol. The summed E-state index contributed by atoms with van der Waals surface area (Å²) in [5.41, 5.74) is 2.09. The van der Waals surface area contributed by atoms with Crippen molar-refractivity contribution in [2.24, 2.45) is 0 Å². The van der Waals surface area contributed by atoms with Crippen molar-refractivity contribution in [2.75, 3.05) is 0 Å². The summed E-state index contributed by atoms with van der Waals surface area (Å²) in [6, 6.07) is 7.61. The van der Waals surface area contributed by atoms with Gasteiger partial charge >= 0.3 is 0 Å². The predicted octanol–water partition coefficient (Wildman–Crippen LogP) is 2.87. The van der Waals surface area contributed by atoms with Gasteiger partial charge in [0.15, 0.2) is 5.43 Å². The normalized spacial score (nSPS) is 12.5. The zero-order chi connectivity index (χ0) is 9.84. The van der Waals surface area contributed by atoms with Crippen molar-refractivity contribution in [1.29, 1.82) is 0 Å². The Bertz CT molecular complexity index is 341. The van der Waals surface area contributed by atoms with E-state index >= 15 is 0 Å². The van der Waals surface area contributed by atoms with Gasteiger partial charge in [0.05, 0.1) is 0 Å². The smallest absolute Gasteiger partial charge is 0.181 e. The van der Waals surface area contributed by atoms with Crippen molar-refractivity contribution in [3.63, 3.8) is 0 Å². The van der Waals surface area contributed by atoms with Gasteiger partial charge in [-0.2, -0.15) is 0 Å². The maximum absolute atomic E-state index is 11.5. The van der Waals surface area contributed by atoms with Crippen LogP contribution in [0.15, 0.2) is 29.1 Å². The van der Waals surface area contributed by atoms with Crippen LogP contribution in [0, 0.1) is 6.92 Å². The molecule has 1 nitrogen and oxygen atoms in total. The van der Waals surface area contributed by atoms with Crippen LogP contribution in [0.25, 0.3) is 0 Å². The molecule has 1 atom stereocenters. The summed E-state index contributed by atoms with van der Waals surface area (Å²) in [6.07, 6.45) is 1.07. The van der Waals surface area contributed by atoms with Gasteiger partial charge < -0.3 is 0 Å². The molecule has 1 aromatic carbocycles. The fraction of sp³-hybridized carbons (Fsp3) is 0.417. The lowest BCUT2D eigenvalue weighted by Crippen LogP contribution is -2.01. The van der Waals surface area contributed by atoms with Crippen LogP contribution in [0.5, 0.6) is 0 Å². The van der Waals surface area contributed by atoms with Crippen LogP contribution in [0.3, 0.4) is 0 Å². The predicted molar refractivity (Wildman–Crippen MR) is 56.2 cm³/mol. The molecule has 0 bridgehead atoms. The van der Waals surface area contributed by atoms with Gasteiger partial charge in [0.2, 0.25) is 0 Å². The third-order valence-electron chi connectivity index (χ3n) is 2.50.